The summed E-state index contributed by atoms with van der Waals surface area (Å²) in [5.74, 6) is -1.22. The molecule has 5 heterocycles. The highest BCUT2D eigenvalue weighted by Crippen LogP contribution is 2.39. The number of carbonyl (C=O) groups is 4. The molecule has 0 saturated carbocycles. The van der Waals surface area contributed by atoms with Crippen molar-refractivity contribution in [2.45, 2.75) is 62.9 Å². The molecule has 4 amide bonds. The Hall–Kier alpha value is -4.56. The largest absolute Gasteiger partial charge is 0.385 e. The number of likely N-dealkylation sites (tertiary alicyclic amines) is 1. The molecule has 13 nitrogen and oxygen atoms in total. The standard InChI is InChI=1S/C33H35BrN8O5/c34-24-5-4-6-25-30(24)38-26(15-36-25)19-14-37-41(16-19)21-17-40(18-21)29(44)7-2-1-3-12-35-20-8-9-22-23(13-20)33(47)42(32(22)46)27-10-11-28(43)39-31(27)45/h4-6,8-9,13-16,21,26-27,32,35,38,46H,1-3,7,10-12,17-18H2,(H,39,43,45). The van der Waals surface area contributed by atoms with Crippen molar-refractivity contribution < 1.29 is 24.3 Å². The number of amides is 4. The highest BCUT2D eigenvalue weighted by molar-refractivity contribution is 9.10. The van der Waals surface area contributed by atoms with Crippen LogP contribution in [0, 0.1) is 0 Å². The van der Waals surface area contributed by atoms with Gasteiger partial charge in [0.05, 0.1) is 29.7 Å². The normalized spacial score (nSPS) is 22.0. The third kappa shape index (κ3) is 6.14. The van der Waals surface area contributed by atoms with E-state index in [0.29, 0.717) is 37.2 Å². The monoisotopic (exact) mass is 702 g/mol. The van der Waals surface area contributed by atoms with Gasteiger partial charge in [0.1, 0.15) is 6.04 Å². The number of aliphatic imine (C=N–C) groups is 1. The molecular formula is C33H35BrN8O5. The molecule has 3 aromatic rings. The number of anilines is 2. The maximum atomic E-state index is 13.1. The second-order valence-electron chi connectivity index (χ2n) is 12.3. The highest BCUT2D eigenvalue weighted by atomic mass is 79.9. The molecule has 47 heavy (non-hydrogen) atoms. The van der Waals surface area contributed by atoms with Gasteiger partial charge in [-0.3, -0.25) is 39.1 Å². The van der Waals surface area contributed by atoms with Gasteiger partial charge in [-0.05, 0) is 59.5 Å². The van der Waals surface area contributed by atoms with E-state index in [1.54, 1.807) is 18.2 Å². The summed E-state index contributed by atoms with van der Waals surface area (Å²) in [6.45, 7) is 1.96. The first-order chi connectivity index (χ1) is 22.8. The molecule has 0 radical (unpaired) electrons. The van der Waals surface area contributed by atoms with Crippen molar-refractivity contribution >= 4 is 62.8 Å². The lowest BCUT2D eigenvalue weighted by atomic mass is 10.0. The molecule has 4 aliphatic rings. The van der Waals surface area contributed by atoms with Gasteiger partial charge in [0.2, 0.25) is 17.7 Å². The molecule has 0 spiro atoms. The number of rotatable bonds is 10. The predicted molar refractivity (Wildman–Crippen MR) is 177 cm³/mol. The van der Waals surface area contributed by atoms with Gasteiger partial charge in [0.25, 0.3) is 5.91 Å². The third-order valence-corrected chi connectivity index (χ3v) is 9.89. The first-order valence-corrected chi connectivity index (χ1v) is 16.7. The van der Waals surface area contributed by atoms with Crippen LogP contribution in [0.4, 0.5) is 17.1 Å². The summed E-state index contributed by atoms with van der Waals surface area (Å²) in [7, 11) is 0. The summed E-state index contributed by atoms with van der Waals surface area (Å²) in [4.78, 5) is 57.3. The van der Waals surface area contributed by atoms with Crippen LogP contribution >= 0.6 is 15.9 Å². The average molecular weight is 704 g/mol. The lowest BCUT2D eigenvalue weighted by Crippen LogP contribution is -2.53. The van der Waals surface area contributed by atoms with Crippen molar-refractivity contribution in [3.05, 3.63) is 70.0 Å². The van der Waals surface area contributed by atoms with Crippen molar-refractivity contribution in [1.82, 2.24) is 24.9 Å². The Morgan fingerprint density at radius 3 is 2.79 bits per heavy atom. The Morgan fingerprint density at radius 1 is 1.11 bits per heavy atom. The van der Waals surface area contributed by atoms with Crippen molar-refractivity contribution in [3.63, 3.8) is 0 Å². The van der Waals surface area contributed by atoms with Crippen LogP contribution in [0.15, 0.2) is 58.3 Å². The number of fused-ring (bicyclic) bond motifs is 2. The maximum Gasteiger partial charge on any atom is 0.257 e. The molecule has 14 heteroatoms. The molecule has 2 fully saturated rings. The van der Waals surface area contributed by atoms with Gasteiger partial charge in [-0.2, -0.15) is 5.10 Å². The highest BCUT2D eigenvalue weighted by Gasteiger charge is 2.44. The molecule has 2 aromatic carbocycles. The lowest BCUT2D eigenvalue weighted by Gasteiger charge is -2.39. The van der Waals surface area contributed by atoms with Gasteiger partial charge in [-0.25, -0.2) is 0 Å². The number of aromatic nitrogens is 2. The van der Waals surface area contributed by atoms with Crippen LogP contribution in [0.25, 0.3) is 0 Å². The van der Waals surface area contributed by atoms with Crippen LogP contribution in [-0.2, 0) is 14.4 Å². The minimum absolute atomic E-state index is 0.0734. The number of benzene rings is 2. The summed E-state index contributed by atoms with van der Waals surface area (Å²) in [5, 5.41) is 24.4. The minimum Gasteiger partial charge on any atom is -0.385 e. The molecule has 1 aromatic heterocycles. The number of carbonyl (C=O) groups excluding carboxylic acids is 4. The minimum atomic E-state index is -1.23. The summed E-state index contributed by atoms with van der Waals surface area (Å²) < 4.78 is 2.91. The van der Waals surface area contributed by atoms with Gasteiger partial charge >= 0.3 is 0 Å². The maximum absolute atomic E-state index is 13.1. The van der Waals surface area contributed by atoms with E-state index in [9.17, 15) is 24.3 Å². The van der Waals surface area contributed by atoms with Gasteiger partial charge in [0.15, 0.2) is 6.23 Å². The second-order valence-corrected chi connectivity index (χ2v) is 13.2. The Balaban J connectivity index is 0.815. The molecule has 4 aliphatic heterocycles. The predicted octanol–water partition coefficient (Wildman–Crippen LogP) is 3.82. The van der Waals surface area contributed by atoms with Crippen LogP contribution in [0.3, 0.4) is 0 Å². The zero-order valence-electron chi connectivity index (χ0n) is 25.6. The van der Waals surface area contributed by atoms with Crippen LogP contribution in [0.5, 0.6) is 0 Å². The molecule has 3 unspecified atom stereocenters. The number of unbranched alkanes of at least 4 members (excludes halogenated alkanes) is 2. The van der Waals surface area contributed by atoms with Gasteiger partial charge in [-0.15, -0.1) is 0 Å². The zero-order chi connectivity index (χ0) is 32.7. The first kappa shape index (κ1) is 31.1. The SMILES string of the molecule is O=C1CCC(N2C(=O)c3cc(NCCCCCC(=O)N4CC(n5cc(C6C=Nc7cccc(Br)c7N6)cn5)C4)ccc3C2O)C(=O)N1. The van der Waals surface area contributed by atoms with Gasteiger partial charge < -0.3 is 20.6 Å². The summed E-state index contributed by atoms with van der Waals surface area (Å²) in [6.07, 6.45) is 7.84. The number of hydrogen-bond donors (Lipinski definition) is 4. The van der Waals surface area contributed by atoms with Crippen molar-refractivity contribution in [2.24, 2.45) is 4.99 Å². The lowest BCUT2D eigenvalue weighted by molar-refractivity contribution is -0.140. The number of piperidine rings is 1. The average Bonchev–Trinajstić information content (AvgIpc) is 3.61. The van der Waals surface area contributed by atoms with Crippen LogP contribution in [0.1, 0.15) is 78.3 Å². The van der Waals surface area contributed by atoms with Crippen molar-refractivity contribution in [1.29, 1.82) is 0 Å². The smallest absolute Gasteiger partial charge is 0.257 e. The number of halogens is 1. The van der Waals surface area contributed by atoms with Crippen LogP contribution in [0.2, 0.25) is 0 Å². The molecule has 0 bridgehead atoms. The van der Waals surface area contributed by atoms with E-state index in [0.717, 1.165) is 51.3 Å². The number of aliphatic hydroxyl groups excluding tert-OH is 1. The van der Waals surface area contributed by atoms with Gasteiger partial charge in [0, 0.05) is 71.7 Å². The zero-order valence-corrected chi connectivity index (χ0v) is 27.1. The third-order valence-electron chi connectivity index (χ3n) is 9.23. The Bertz CT molecular complexity index is 1770. The number of imide groups is 1. The molecule has 0 aliphatic carbocycles. The van der Waals surface area contributed by atoms with Crippen LogP contribution in [-0.4, -0.2) is 80.2 Å². The van der Waals surface area contributed by atoms with E-state index in [1.165, 1.54) is 0 Å². The number of nitrogens with zero attached hydrogens (tertiary/aromatic N) is 5. The number of hydrogen-bond acceptors (Lipinski definition) is 9. The fourth-order valence-electron chi connectivity index (χ4n) is 6.52. The van der Waals surface area contributed by atoms with E-state index in [-0.39, 0.29) is 36.7 Å². The fraction of sp³-hybridized carbons (Fsp3) is 0.394. The molecule has 3 atom stereocenters. The second kappa shape index (κ2) is 12.9. The van der Waals surface area contributed by atoms with Crippen molar-refractivity contribution in [3.8, 4) is 0 Å². The summed E-state index contributed by atoms with van der Waals surface area (Å²) in [5.41, 5.74) is 4.41. The summed E-state index contributed by atoms with van der Waals surface area (Å²) in [6, 6.07) is 10.3. The van der Waals surface area contributed by atoms with E-state index in [1.807, 2.05) is 46.4 Å². The quantitative estimate of drug-likeness (QED) is 0.183. The number of aliphatic hydroxyl groups is 1. The van der Waals surface area contributed by atoms with Crippen molar-refractivity contribution in [2.75, 3.05) is 30.3 Å². The number of para-hydroxylation sites is 1. The molecule has 4 N–H and O–H groups in total. The fourth-order valence-corrected chi connectivity index (χ4v) is 6.99. The molecule has 244 valence electrons. The van der Waals surface area contributed by atoms with Crippen LogP contribution < -0.4 is 16.0 Å². The van der Waals surface area contributed by atoms with Gasteiger partial charge in [-0.1, -0.05) is 18.6 Å². The van der Waals surface area contributed by atoms with E-state index >= 15 is 0 Å². The Morgan fingerprint density at radius 2 is 1.96 bits per heavy atom. The first-order valence-electron chi connectivity index (χ1n) is 15.9. The Labute approximate surface area is 279 Å². The molecule has 2 saturated heterocycles. The molecule has 7 rings (SSSR count). The van der Waals surface area contributed by atoms with E-state index in [2.05, 4.69) is 42.0 Å². The topological polar surface area (TPSA) is 161 Å². The molecular weight excluding hydrogens is 668 g/mol. The Kier molecular flexibility index (Phi) is 8.53. The number of nitrogens with one attached hydrogen (secondary N) is 3. The summed E-state index contributed by atoms with van der Waals surface area (Å²) >= 11 is 3.59. The van der Waals surface area contributed by atoms with E-state index in [4.69, 9.17) is 0 Å². The van der Waals surface area contributed by atoms with E-state index < -0.39 is 24.1 Å².